The zero-order valence-corrected chi connectivity index (χ0v) is 19.0. The summed E-state index contributed by atoms with van der Waals surface area (Å²) < 4.78 is 5.98. The number of aryl methyl sites for hydroxylation is 1. The number of hydrogen-bond acceptors (Lipinski definition) is 4. The quantitative estimate of drug-likeness (QED) is 0.392. The summed E-state index contributed by atoms with van der Waals surface area (Å²) in [6.07, 6.45) is 2.06. The molecule has 0 bridgehead atoms. The summed E-state index contributed by atoms with van der Waals surface area (Å²) in [4.78, 5) is 19.4. The maximum absolute atomic E-state index is 12.9. The molecule has 1 aliphatic heterocycles. The lowest BCUT2D eigenvalue weighted by atomic mass is 10.0. The first-order valence-corrected chi connectivity index (χ1v) is 11.3. The predicted molar refractivity (Wildman–Crippen MR) is 133 cm³/mol. The van der Waals surface area contributed by atoms with Gasteiger partial charge in [-0.05, 0) is 54.9 Å². The number of nitrogens with zero attached hydrogens (tertiary/aromatic N) is 2. The number of amides is 1. The molecule has 1 aliphatic rings. The second kappa shape index (κ2) is 9.03. The van der Waals surface area contributed by atoms with Crippen molar-refractivity contribution in [1.29, 1.82) is 0 Å². The van der Waals surface area contributed by atoms with E-state index in [-0.39, 0.29) is 24.4 Å². The van der Waals surface area contributed by atoms with Crippen molar-refractivity contribution in [3.8, 4) is 0 Å². The molecule has 0 unspecified atom stereocenters. The summed E-state index contributed by atoms with van der Waals surface area (Å²) >= 11 is 5.66. The van der Waals surface area contributed by atoms with E-state index < -0.39 is 0 Å². The fourth-order valence-electron chi connectivity index (χ4n) is 4.34. The summed E-state index contributed by atoms with van der Waals surface area (Å²) in [5.41, 5.74) is 1.69. The average molecular weight is 457 g/mol. The van der Waals surface area contributed by atoms with Crippen molar-refractivity contribution in [2.75, 3.05) is 11.9 Å². The van der Waals surface area contributed by atoms with Gasteiger partial charge in [0, 0.05) is 30.2 Å². The zero-order valence-electron chi connectivity index (χ0n) is 18.2. The molecule has 2 N–H and O–H groups in total. The van der Waals surface area contributed by atoms with Crippen LogP contribution in [-0.4, -0.2) is 27.4 Å². The van der Waals surface area contributed by atoms with E-state index in [4.69, 9.17) is 16.6 Å². The Labute approximate surface area is 197 Å². The van der Waals surface area contributed by atoms with Crippen LogP contribution >= 0.6 is 12.2 Å². The molecule has 0 saturated carbocycles. The van der Waals surface area contributed by atoms with E-state index >= 15 is 0 Å². The number of aromatic nitrogens is 1. The van der Waals surface area contributed by atoms with Crippen molar-refractivity contribution in [3.05, 3.63) is 96.2 Å². The third-order valence-corrected chi connectivity index (χ3v) is 6.25. The summed E-state index contributed by atoms with van der Waals surface area (Å²) in [6, 6.07) is 23.3. The van der Waals surface area contributed by atoms with Gasteiger partial charge in [-0.1, -0.05) is 42.5 Å². The fourth-order valence-corrected chi connectivity index (χ4v) is 4.67. The van der Waals surface area contributed by atoms with Gasteiger partial charge in [-0.25, -0.2) is 0 Å². The zero-order chi connectivity index (χ0) is 22.8. The molecule has 0 aliphatic carbocycles. The number of benzene rings is 2. The lowest BCUT2D eigenvalue weighted by Gasteiger charge is -2.25. The molecular formula is C26H24N4O2S. The van der Waals surface area contributed by atoms with E-state index in [9.17, 15) is 4.79 Å². The number of carbonyl (C=O) groups excluding carboxylic acids is 1. The normalized spacial score (nSPS) is 17.8. The Bertz CT molecular complexity index is 1300. The largest absolute Gasteiger partial charge is 0.464 e. The number of rotatable bonds is 6. The van der Waals surface area contributed by atoms with Crippen LogP contribution in [0.1, 0.15) is 35.7 Å². The van der Waals surface area contributed by atoms with Gasteiger partial charge >= 0.3 is 0 Å². The monoisotopic (exact) mass is 456 g/mol. The van der Waals surface area contributed by atoms with Gasteiger partial charge in [0.15, 0.2) is 5.11 Å². The number of nitrogens with one attached hydrogen (secondary N) is 2. The Kier molecular flexibility index (Phi) is 5.79. The Balaban J connectivity index is 1.35. The molecule has 1 fully saturated rings. The van der Waals surface area contributed by atoms with Crippen molar-refractivity contribution in [3.63, 3.8) is 0 Å². The number of hydrogen-bond donors (Lipinski definition) is 2. The van der Waals surface area contributed by atoms with Crippen molar-refractivity contribution in [2.24, 2.45) is 0 Å². The van der Waals surface area contributed by atoms with E-state index in [0.29, 0.717) is 11.7 Å². The van der Waals surface area contributed by atoms with Crippen LogP contribution in [0, 0.1) is 6.92 Å². The summed E-state index contributed by atoms with van der Waals surface area (Å²) in [5, 5.41) is 9.13. The number of fused-ring (bicyclic) bond motifs is 1. The standard InChI is InChI=1S/C26H24N4O2S/c1-17-12-13-22(32-17)25-24(21-10-4-5-15-27-21)29-26(33)30(25)16-14-23(31)28-20-11-6-8-18-7-2-3-9-19(18)20/h2-13,15,24-25H,14,16H2,1H3,(H,28,31)(H,29,33)/t24-,25-/m0/s1. The van der Waals surface area contributed by atoms with Crippen LogP contribution in [0.3, 0.4) is 0 Å². The molecule has 4 aromatic rings. The highest BCUT2D eigenvalue weighted by Gasteiger charge is 2.41. The number of carbonyl (C=O) groups is 1. The maximum atomic E-state index is 12.9. The number of thiocarbonyl (C=S) groups is 1. The van der Waals surface area contributed by atoms with E-state index in [1.165, 1.54) is 0 Å². The molecule has 1 saturated heterocycles. The molecule has 0 spiro atoms. The van der Waals surface area contributed by atoms with Crippen LogP contribution < -0.4 is 10.6 Å². The molecule has 7 heteroatoms. The molecule has 0 radical (unpaired) electrons. The molecular weight excluding hydrogens is 432 g/mol. The van der Waals surface area contributed by atoms with Gasteiger partial charge in [-0.3, -0.25) is 9.78 Å². The van der Waals surface area contributed by atoms with Gasteiger partial charge in [-0.2, -0.15) is 0 Å². The Hall–Kier alpha value is -3.71. The summed E-state index contributed by atoms with van der Waals surface area (Å²) in [7, 11) is 0. The first kappa shape index (κ1) is 21.2. The SMILES string of the molecule is Cc1ccc([C@H]2[C@H](c3ccccn3)NC(=S)N2CCC(=O)Nc2cccc3ccccc23)o1. The van der Waals surface area contributed by atoms with E-state index in [0.717, 1.165) is 33.7 Å². The minimum absolute atomic E-state index is 0.0650. The third-order valence-electron chi connectivity index (χ3n) is 5.89. The second-order valence-corrected chi connectivity index (χ2v) is 8.48. The van der Waals surface area contributed by atoms with Crippen LogP contribution in [-0.2, 0) is 4.79 Å². The van der Waals surface area contributed by atoms with Crippen LogP contribution in [0.2, 0.25) is 0 Å². The van der Waals surface area contributed by atoms with Crippen LogP contribution in [0.25, 0.3) is 10.8 Å². The number of anilines is 1. The highest BCUT2D eigenvalue weighted by Crippen LogP contribution is 2.39. The number of pyridine rings is 1. The van der Waals surface area contributed by atoms with Crippen LogP contribution in [0.5, 0.6) is 0 Å². The highest BCUT2D eigenvalue weighted by molar-refractivity contribution is 7.80. The molecule has 33 heavy (non-hydrogen) atoms. The minimum atomic E-state index is -0.188. The van der Waals surface area contributed by atoms with Crippen molar-refractivity contribution in [1.82, 2.24) is 15.2 Å². The lowest BCUT2D eigenvalue weighted by Crippen LogP contribution is -2.32. The van der Waals surface area contributed by atoms with E-state index in [2.05, 4.69) is 15.6 Å². The molecule has 166 valence electrons. The van der Waals surface area contributed by atoms with Crippen molar-refractivity contribution < 1.29 is 9.21 Å². The highest BCUT2D eigenvalue weighted by atomic mass is 32.1. The average Bonchev–Trinajstić information content (AvgIpc) is 3.41. The van der Waals surface area contributed by atoms with Gasteiger partial charge in [0.25, 0.3) is 0 Å². The molecule has 2 atom stereocenters. The second-order valence-electron chi connectivity index (χ2n) is 8.09. The molecule has 1 amide bonds. The van der Waals surface area contributed by atoms with E-state index in [1.54, 1.807) is 6.20 Å². The maximum Gasteiger partial charge on any atom is 0.226 e. The van der Waals surface area contributed by atoms with Gasteiger partial charge in [0.1, 0.15) is 17.6 Å². The van der Waals surface area contributed by atoms with Crippen LogP contribution in [0.4, 0.5) is 5.69 Å². The van der Waals surface area contributed by atoms with Gasteiger partial charge < -0.3 is 20.0 Å². The first-order chi connectivity index (χ1) is 16.1. The molecule has 5 rings (SSSR count). The van der Waals surface area contributed by atoms with Gasteiger partial charge in [0.2, 0.25) is 5.91 Å². The summed E-state index contributed by atoms with van der Waals surface area (Å²) in [6.45, 7) is 2.37. The molecule has 3 heterocycles. The molecule has 2 aromatic heterocycles. The van der Waals surface area contributed by atoms with Crippen molar-refractivity contribution in [2.45, 2.75) is 25.4 Å². The van der Waals surface area contributed by atoms with E-state index in [1.807, 2.05) is 84.6 Å². The molecule has 2 aromatic carbocycles. The Morgan fingerprint density at radius 1 is 1.09 bits per heavy atom. The minimum Gasteiger partial charge on any atom is -0.464 e. The van der Waals surface area contributed by atoms with Crippen molar-refractivity contribution >= 4 is 39.7 Å². The third kappa shape index (κ3) is 4.32. The summed E-state index contributed by atoms with van der Waals surface area (Å²) in [5.74, 6) is 1.56. The van der Waals surface area contributed by atoms with Crippen LogP contribution in [0.15, 0.2) is 83.4 Å². The lowest BCUT2D eigenvalue weighted by molar-refractivity contribution is -0.116. The Morgan fingerprint density at radius 3 is 2.70 bits per heavy atom. The van der Waals surface area contributed by atoms with Gasteiger partial charge in [-0.15, -0.1) is 0 Å². The Morgan fingerprint density at radius 2 is 1.91 bits per heavy atom. The first-order valence-electron chi connectivity index (χ1n) is 10.9. The molecule has 6 nitrogen and oxygen atoms in total. The smallest absolute Gasteiger partial charge is 0.226 e. The predicted octanol–water partition coefficient (Wildman–Crippen LogP) is 5.14. The number of furan rings is 1. The topological polar surface area (TPSA) is 70.4 Å². The fraction of sp³-hybridized carbons (Fsp3) is 0.192. The van der Waals surface area contributed by atoms with Gasteiger partial charge in [0.05, 0.1) is 11.7 Å².